The molecule has 8 rings (SSSR count). The maximum atomic E-state index is 17.1. The van der Waals surface area contributed by atoms with Crippen LogP contribution in [0.4, 0.5) is 24.0 Å². The van der Waals surface area contributed by atoms with Gasteiger partial charge in [0.1, 0.15) is 47.6 Å². The second-order valence-corrected chi connectivity index (χ2v) is 14.1. The van der Waals surface area contributed by atoms with Crippen LogP contribution in [-0.4, -0.2) is 78.1 Å². The highest BCUT2D eigenvalue weighted by Gasteiger charge is 2.49. The molecular weight excluding hydrogens is 639 g/mol. The molecule has 0 bridgehead atoms. The van der Waals surface area contributed by atoms with Crippen molar-refractivity contribution in [2.24, 2.45) is 0 Å². The average molecular weight is 670 g/mol. The summed E-state index contributed by atoms with van der Waals surface area (Å²) in [5.74, 6) is -0.725. The zero-order valence-corrected chi connectivity index (χ0v) is 26.6. The fourth-order valence-electron chi connectivity index (χ4n) is 7.92. The Morgan fingerprint density at radius 3 is 2.93 bits per heavy atom. The molecule has 2 aromatic carbocycles. The summed E-state index contributed by atoms with van der Waals surface area (Å²) < 4.78 is 59.4. The van der Waals surface area contributed by atoms with Gasteiger partial charge in [-0.2, -0.15) is 15.2 Å². The first-order valence-electron chi connectivity index (χ1n) is 15.5. The van der Waals surface area contributed by atoms with Crippen LogP contribution in [0.1, 0.15) is 38.2 Å². The van der Waals surface area contributed by atoms with Crippen LogP contribution < -0.4 is 25.4 Å². The number of hydrogen-bond acceptors (Lipinski definition) is 10. The minimum atomic E-state index is -0.934. The van der Waals surface area contributed by atoms with E-state index in [0.29, 0.717) is 30.7 Å². The Balaban J connectivity index is 1.36. The molecule has 0 aliphatic carbocycles. The molecule has 14 heteroatoms. The molecule has 240 valence electrons. The number of fused-ring (bicyclic) bond motifs is 2. The quantitative estimate of drug-likeness (QED) is 0.272. The number of nitrogens with one attached hydrogen (secondary N) is 1. The van der Waals surface area contributed by atoms with Gasteiger partial charge in [0.05, 0.1) is 32.3 Å². The van der Waals surface area contributed by atoms with Crippen molar-refractivity contribution in [1.29, 1.82) is 5.26 Å². The van der Waals surface area contributed by atoms with E-state index in [-0.39, 0.29) is 79.4 Å². The molecule has 0 unspecified atom stereocenters. The van der Waals surface area contributed by atoms with E-state index in [0.717, 1.165) is 43.7 Å². The number of halogens is 4. The largest absolute Gasteiger partial charge is 0.489 e. The summed E-state index contributed by atoms with van der Waals surface area (Å²) in [6.45, 7) is 5.10. The molecule has 4 aliphatic heterocycles. The number of anilines is 2. The normalized spacial score (nSPS) is 26.0. The second-order valence-electron chi connectivity index (χ2n) is 12.7. The maximum Gasteiger partial charge on any atom is 0.319 e. The van der Waals surface area contributed by atoms with Gasteiger partial charge in [-0.3, -0.25) is 4.90 Å². The zero-order valence-electron chi connectivity index (χ0n) is 25.0. The molecule has 46 heavy (non-hydrogen) atoms. The van der Waals surface area contributed by atoms with Crippen LogP contribution in [0.25, 0.3) is 32.1 Å². The van der Waals surface area contributed by atoms with Crippen LogP contribution in [-0.2, 0) is 0 Å². The predicted octanol–water partition coefficient (Wildman–Crippen LogP) is 5.80. The van der Waals surface area contributed by atoms with E-state index in [9.17, 15) is 14.0 Å². The number of aromatic nitrogens is 2. The minimum Gasteiger partial charge on any atom is -0.489 e. The molecule has 0 radical (unpaired) electrons. The van der Waals surface area contributed by atoms with Crippen LogP contribution in [0.3, 0.4) is 0 Å². The van der Waals surface area contributed by atoms with Crippen molar-refractivity contribution >= 4 is 54.7 Å². The number of nitrogens with zero attached hydrogens (tertiary/aromatic N) is 5. The van der Waals surface area contributed by atoms with Crippen molar-refractivity contribution in [3.63, 3.8) is 0 Å². The summed E-state index contributed by atoms with van der Waals surface area (Å²) in [5.41, 5.74) is 5.72. The van der Waals surface area contributed by atoms with Gasteiger partial charge in [-0.05, 0) is 50.9 Å². The third-order valence-electron chi connectivity index (χ3n) is 9.99. The Kier molecular flexibility index (Phi) is 7.13. The number of benzene rings is 2. The molecule has 4 aromatic rings. The third-order valence-corrected chi connectivity index (χ3v) is 11.4. The van der Waals surface area contributed by atoms with E-state index in [1.807, 2.05) is 13.0 Å². The highest BCUT2D eigenvalue weighted by Crippen LogP contribution is 2.51. The Morgan fingerprint density at radius 2 is 2.15 bits per heavy atom. The van der Waals surface area contributed by atoms with Gasteiger partial charge in [-0.1, -0.05) is 17.7 Å². The van der Waals surface area contributed by atoms with E-state index in [1.54, 1.807) is 0 Å². The summed E-state index contributed by atoms with van der Waals surface area (Å²) in [6.07, 6.45) is 2.01. The van der Waals surface area contributed by atoms with Gasteiger partial charge in [0, 0.05) is 36.5 Å². The summed E-state index contributed by atoms with van der Waals surface area (Å²) in [4.78, 5) is 13.7. The van der Waals surface area contributed by atoms with E-state index in [2.05, 4.69) is 20.1 Å². The lowest BCUT2D eigenvalue weighted by atomic mass is 9.95. The van der Waals surface area contributed by atoms with Gasteiger partial charge in [0.25, 0.3) is 0 Å². The first-order chi connectivity index (χ1) is 22.2. The van der Waals surface area contributed by atoms with Gasteiger partial charge in [-0.25, -0.2) is 13.2 Å². The highest BCUT2D eigenvalue weighted by atomic mass is 35.5. The molecule has 3 fully saturated rings. The lowest BCUT2D eigenvalue weighted by Gasteiger charge is -2.34. The van der Waals surface area contributed by atoms with Crippen molar-refractivity contribution in [1.82, 2.24) is 20.2 Å². The summed E-state index contributed by atoms with van der Waals surface area (Å²) in [7, 11) is 0. The second kappa shape index (κ2) is 11.0. The van der Waals surface area contributed by atoms with Crippen molar-refractivity contribution in [2.75, 3.05) is 50.0 Å². The molecule has 0 saturated carbocycles. The molecule has 3 N–H and O–H groups in total. The third kappa shape index (κ3) is 4.41. The Hall–Kier alpha value is -3.57. The predicted molar refractivity (Wildman–Crippen MR) is 172 cm³/mol. The van der Waals surface area contributed by atoms with E-state index in [4.69, 9.17) is 31.8 Å². The van der Waals surface area contributed by atoms with Crippen molar-refractivity contribution in [3.05, 3.63) is 34.4 Å². The van der Waals surface area contributed by atoms with Crippen LogP contribution in [0.15, 0.2) is 12.1 Å². The summed E-state index contributed by atoms with van der Waals surface area (Å²) >= 11 is 7.95. The van der Waals surface area contributed by atoms with Gasteiger partial charge in [0.2, 0.25) is 0 Å². The molecule has 2 aromatic heterocycles. The molecular formula is C32H31ClF3N7O2S. The molecule has 4 atom stereocenters. The monoisotopic (exact) mass is 669 g/mol. The molecule has 3 saturated heterocycles. The SMILES string of the molecule is C[C@H]1COc2c(Cl)c(-c3ccc(F)c4sc(N)c(C#N)c34)c(F)c3nc(OC[C@@]45CCCN4C[C@H](F)C5)nc(c23)N1[C@@H]1CCNC1. The Labute approximate surface area is 272 Å². The lowest BCUT2D eigenvalue weighted by molar-refractivity contribution is 0.107. The molecule has 6 heterocycles. The van der Waals surface area contributed by atoms with E-state index < -0.39 is 23.3 Å². The van der Waals surface area contributed by atoms with Crippen LogP contribution in [0.5, 0.6) is 11.8 Å². The number of nitriles is 1. The number of ether oxygens (including phenoxy) is 2. The number of thiophene rings is 1. The summed E-state index contributed by atoms with van der Waals surface area (Å²) in [6, 6.07) is 4.48. The lowest BCUT2D eigenvalue weighted by Crippen LogP contribution is -2.46. The molecule has 0 spiro atoms. The van der Waals surface area contributed by atoms with Crippen LogP contribution in [0, 0.1) is 23.0 Å². The van der Waals surface area contributed by atoms with Gasteiger partial charge in [0.15, 0.2) is 11.6 Å². The number of nitrogens with two attached hydrogens (primary N) is 1. The van der Waals surface area contributed by atoms with Crippen molar-refractivity contribution in [2.45, 2.75) is 56.4 Å². The van der Waals surface area contributed by atoms with E-state index >= 15 is 4.39 Å². The van der Waals surface area contributed by atoms with Crippen LogP contribution in [0.2, 0.25) is 5.02 Å². The van der Waals surface area contributed by atoms with Gasteiger partial charge in [-0.15, -0.1) is 11.3 Å². The topological polar surface area (TPSA) is 113 Å². The number of hydrogen-bond donors (Lipinski definition) is 2. The Bertz CT molecular complexity index is 1950. The first-order valence-corrected chi connectivity index (χ1v) is 16.7. The molecule has 0 amide bonds. The highest BCUT2D eigenvalue weighted by molar-refractivity contribution is 7.23. The standard InChI is InChI=1S/C32H31ClF3N7O2S/c1-15-13-44-27-23-26(25(36)22(24(27)33)18-3-4-20(35)28-21(18)19(10-37)29(38)46-28)40-31(41-30(23)43(15)17-5-7-39-11-17)45-14-32-6-2-8-42(32)12-16(34)9-32/h3-4,15-17,39H,2,5-9,11-14,38H2,1H3/t15-,16+,17+,32-/m0/s1. The fraction of sp³-hybridized carbons (Fsp3) is 0.469. The van der Waals surface area contributed by atoms with Crippen molar-refractivity contribution in [3.8, 4) is 29.0 Å². The fourth-order valence-corrected chi connectivity index (χ4v) is 9.20. The van der Waals surface area contributed by atoms with Gasteiger partial charge >= 0.3 is 6.01 Å². The molecule has 4 aliphatic rings. The van der Waals surface area contributed by atoms with Gasteiger partial charge < -0.3 is 25.4 Å². The van der Waals surface area contributed by atoms with Crippen LogP contribution >= 0.6 is 22.9 Å². The first kappa shape index (κ1) is 29.8. The summed E-state index contributed by atoms with van der Waals surface area (Å²) in [5, 5.41) is 13.9. The average Bonchev–Trinajstić information content (AvgIpc) is 3.80. The number of nitrogen functional groups attached to an aromatic ring is 1. The maximum absolute atomic E-state index is 17.1. The number of rotatable bonds is 5. The minimum absolute atomic E-state index is 0.0315. The zero-order chi connectivity index (χ0) is 31.9. The van der Waals surface area contributed by atoms with E-state index in [1.165, 1.54) is 12.1 Å². The number of alkyl halides is 1. The smallest absolute Gasteiger partial charge is 0.319 e. The van der Waals surface area contributed by atoms with Crippen molar-refractivity contribution < 1.29 is 22.6 Å². The molecule has 9 nitrogen and oxygen atoms in total. The Morgan fingerprint density at radius 1 is 1.30 bits per heavy atom.